The van der Waals surface area contributed by atoms with Gasteiger partial charge in [-0.25, -0.2) is 0 Å². The number of carbonyl (C=O) groups is 1. The molecule has 1 aliphatic heterocycles. The van der Waals surface area contributed by atoms with Crippen molar-refractivity contribution in [3.63, 3.8) is 0 Å². The number of carbonyl (C=O) groups excluding carboxylic acids is 1. The van der Waals surface area contributed by atoms with Crippen LogP contribution in [-0.4, -0.2) is 48.0 Å². The highest BCUT2D eigenvalue weighted by molar-refractivity contribution is 5.92. The molecule has 2 unspecified atom stereocenters. The zero-order valence-electron chi connectivity index (χ0n) is 15.0. The molecule has 2 aromatic rings. The fourth-order valence-electron chi connectivity index (χ4n) is 3.34. The summed E-state index contributed by atoms with van der Waals surface area (Å²) in [5.41, 5.74) is 1.63. The van der Waals surface area contributed by atoms with Gasteiger partial charge in [0.1, 0.15) is 11.4 Å². The number of aromatic nitrogens is 2. The second kappa shape index (κ2) is 7.70. The first-order chi connectivity index (χ1) is 12.1. The Morgan fingerprint density at radius 2 is 2.00 bits per heavy atom. The van der Waals surface area contributed by atoms with Gasteiger partial charge in [-0.1, -0.05) is 19.1 Å². The van der Waals surface area contributed by atoms with Crippen molar-refractivity contribution in [1.29, 1.82) is 0 Å². The Bertz CT molecular complexity index is 711. The quantitative estimate of drug-likeness (QED) is 0.809. The number of ether oxygens (including phenoxy) is 2. The largest absolute Gasteiger partial charge is 0.497 e. The van der Waals surface area contributed by atoms with Crippen molar-refractivity contribution in [3.05, 3.63) is 47.8 Å². The Labute approximate surface area is 148 Å². The number of rotatable bonds is 6. The molecule has 1 aromatic heterocycles. The molecule has 2 atom stereocenters. The maximum atomic E-state index is 13.0. The first kappa shape index (κ1) is 17.5. The molecule has 3 rings (SSSR count). The van der Waals surface area contributed by atoms with Gasteiger partial charge in [0.15, 0.2) is 0 Å². The zero-order chi connectivity index (χ0) is 17.8. The summed E-state index contributed by atoms with van der Waals surface area (Å²) in [7, 11) is 3.31. The van der Waals surface area contributed by atoms with Gasteiger partial charge >= 0.3 is 0 Å². The summed E-state index contributed by atoms with van der Waals surface area (Å²) in [6, 6.07) is 9.84. The van der Waals surface area contributed by atoms with Crippen molar-refractivity contribution in [1.82, 2.24) is 14.7 Å². The number of amides is 1. The lowest BCUT2D eigenvalue weighted by Gasteiger charge is -2.24. The van der Waals surface area contributed by atoms with Gasteiger partial charge in [-0.2, -0.15) is 5.10 Å². The highest BCUT2D eigenvalue weighted by Gasteiger charge is 2.35. The van der Waals surface area contributed by atoms with E-state index in [0.29, 0.717) is 24.8 Å². The van der Waals surface area contributed by atoms with E-state index >= 15 is 0 Å². The molecule has 1 saturated heterocycles. The molecule has 0 aliphatic carbocycles. The average Bonchev–Trinajstić information content (AvgIpc) is 3.26. The smallest absolute Gasteiger partial charge is 0.274 e. The summed E-state index contributed by atoms with van der Waals surface area (Å²) in [4.78, 5) is 14.9. The van der Waals surface area contributed by atoms with Crippen LogP contribution in [0.15, 0.2) is 36.5 Å². The van der Waals surface area contributed by atoms with Gasteiger partial charge < -0.3 is 14.4 Å². The third-order valence-electron chi connectivity index (χ3n) is 4.66. The molecule has 0 saturated carbocycles. The predicted octanol–water partition coefficient (Wildman–Crippen LogP) is 2.76. The molecule has 1 aromatic carbocycles. The predicted molar refractivity (Wildman–Crippen MR) is 94.7 cm³/mol. The molecule has 0 N–H and O–H groups in total. The van der Waals surface area contributed by atoms with Crippen LogP contribution in [0.3, 0.4) is 0 Å². The van der Waals surface area contributed by atoms with Crippen molar-refractivity contribution in [2.45, 2.75) is 25.9 Å². The fourth-order valence-corrected chi connectivity index (χ4v) is 3.34. The summed E-state index contributed by atoms with van der Waals surface area (Å²) >= 11 is 0. The van der Waals surface area contributed by atoms with Crippen LogP contribution in [0.4, 0.5) is 0 Å². The van der Waals surface area contributed by atoms with Crippen LogP contribution in [0.2, 0.25) is 0 Å². The molecule has 1 amide bonds. The fraction of sp³-hybridized carbons (Fsp3) is 0.474. The minimum atomic E-state index is -0.0127. The standard InChI is InChI=1S/C19H25N3O3/c1-14-12-18(15-4-6-16(25-3)7-5-15)22(13-14)19(23)17-8-9-21(20-17)10-11-24-2/h4-9,14,18H,10-13H2,1-3H3. The molecule has 2 heterocycles. The van der Waals surface area contributed by atoms with Gasteiger partial charge in [-0.15, -0.1) is 0 Å². The van der Waals surface area contributed by atoms with Crippen molar-refractivity contribution in [2.75, 3.05) is 27.4 Å². The van der Waals surface area contributed by atoms with E-state index in [0.717, 1.165) is 24.3 Å². The van der Waals surface area contributed by atoms with Crippen molar-refractivity contribution >= 4 is 5.91 Å². The lowest BCUT2D eigenvalue weighted by molar-refractivity contribution is 0.0724. The van der Waals surface area contributed by atoms with Crippen LogP contribution >= 0.6 is 0 Å². The highest BCUT2D eigenvalue weighted by Crippen LogP contribution is 2.36. The maximum absolute atomic E-state index is 13.0. The second-order valence-corrected chi connectivity index (χ2v) is 6.54. The topological polar surface area (TPSA) is 56.6 Å². The van der Waals surface area contributed by atoms with Gasteiger partial charge in [0.2, 0.25) is 0 Å². The number of hydrogen-bond acceptors (Lipinski definition) is 4. The highest BCUT2D eigenvalue weighted by atomic mass is 16.5. The Hall–Kier alpha value is -2.34. The second-order valence-electron chi connectivity index (χ2n) is 6.54. The van der Waals surface area contributed by atoms with E-state index in [1.807, 2.05) is 35.4 Å². The third kappa shape index (κ3) is 3.85. The summed E-state index contributed by atoms with van der Waals surface area (Å²) in [6.07, 6.45) is 2.79. The van der Waals surface area contributed by atoms with Crippen LogP contribution in [0.5, 0.6) is 5.75 Å². The number of nitrogens with zero attached hydrogens (tertiary/aromatic N) is 3. The number of methoxy groups -OCH3 is 2. The first-order valence-corrected chi connectivity index (χ1v) is 8.59. The minimum Gasteiger partial charge on any atom is -0.497 e. The van der Waals surface area contributed by atoms with E-state index in [2.05, 4.69) is 12.0 Å². The molecule has 0 bridgehead atoms. The van der Waals surface area contributed by atoms with Gasteiger partial charge in [0.25, 0.3) is 5.91 Å². The Morgan fingerprint density at radius 3 is 2.68 bits per heavy atom. The minimum absolute atomic E-state index is 0.0127. The summed E-state index contributed by atoms with van der Waals surface area (Å²) in [6.45, 7) is 4.15. The molecular formula is C19H25N3O3. The summed E-state index contributed by atoms with van der Waals surface area (Å²) < 4.78 is 12.0. The molecular weight excluding hydrogens is 318 g/mol. The molecule has 1 aliphatic rings. The van der Waals surface area contributed by atoms with Gasteiger partial charge in [-0.05, 0) is 36.1 Å². The molecule has 6 nitrogen and oxygen atoms in total. The van der Waals surface area contributed by atoms with Crippen LogP contribution < -0.4 is 4.74 Å². The van der Waals surface area contributed by atoms with E-state index in [1.165, 1.54) is 0 Å². The van der Waals surface area contributed by atoms with E-state index in [4.69, 9.17) is 9.47 Å². The Morgan fingerprint density at radius 1 is 1.24 bits per heavy atom. The molecule has 6 heteroatoms. The van der Waals surface area contributed by atoms with Crippen molar-refractivity contribution < 1.29 is 14.3 Å². The molecule has 25 heavy (non-hydrogen) atoms. The molecule has 134 valence electrons. The molecule has 1 fully saturated rings. The first-order valence-electron chi connectivity index (χ1n) is 8.59. The molecule has 0 radical (unpaired) electrons. The Balaban J connectivity index is 1.78. The SMILES string of the molecule is COCCn1ccc(C(=O)N2CC(C)CC2c2ccc(OC)cc2)n1. The lowest BCUT2D eigenvalue weighted by atomic mass is 10.0. The monoisotopic (exact) mass is 343 g/mol. The lowest BCUT2D eigenvalue weighted by Crippen LogP contribution is -2.31. The normalized spacial score (nSPS) is 20.0. The number of likely N-dealkylation sites (tertiary alicyclic amines) is 1. The van der Waals surface area contributed by atoms with Gasteiger partial charge in [0.05, 0.1) is 26.3 Å². The van der Waals surface area contributed by atoms with Gasteiger partial charge in [-0.3, -0.25) is 9.48 Å². The number of hydrogen-bond donors (Lipinski definition) is 0. The van der Waals surface area contributed by atoms with Crippen LogP contribution in [0.1, 0.15) is 35.4 Å². The summed E-state index contributed by atoms with van der Waals surface area (Å²) in [5.74, 6) is 1.28. The van der Waals surface area contributed by atoms with Crippen molar-refractivity contribution in [3.8, 4) is 5.75 Å². The zero-order valence-corrected chi connectivity index (χ0v) is 15.0. The third-order valence-corrected chi connectivity index (χ3v) is 4.66. The van der Waals surface area contributed by atoms with E-state index < -0.39 is 0 Å². The van der Waals surface area contributed by atoms with Crippen LogP contribution in [0.25, 0.3) is 0 Å². The van der Waals surface area contributed by atoms with Crippen LogP contribution in [0, 0.1) is 5.92 Å². The maximum Gasteiger partial charge on any atom is 0.274 e. The molecule has 0 spiro atoms. The van der Waals surface area contributed by atoms with E-state index in [-0.39, 0.29) is 11.9 Å². The average molecular weight is 343 g/mol. The van der Waals surface area contributed by atoms with E-state index in [9.17, 15) is 4.79 Å². The van der Waals surface area contributed by atoms with Gasteiger partial charge in [0, 0.05) is 19.9 Å². The number of benzene rings is 1. The van der Waals surface area contributed by atoms with Crippen LogP contribution in [-0.2, 0) is 11.3 Å². The van der Waals surface area contributed by atoms with Crippen molar-refractivity contribution in [2.24, 2.45) is 5.92 Å². The van der Waals surface area contributed by atoms with E-state index in [1.54, 1.807) is 25.0 Å². The Kier molecular flexibility index (Phi) is 5.38. The summed E-state index contributed by atoms with van der Waals surface area (Å²) in [5, 5.41) is 4.40.